The Hall–Kier alpha value is -3.58. The molecule has 2 aliphatic heterocycles. The van der Waals surface area contributed by atoms with E-state index in [-0.39, 0.29) is 35.1 Å². The van der Waals surface area contributed by atoms with Crippen molar-refractivity contribution < 1.29 is 13.2 Å². The Morgan fingerprint density at radius 2 is 1.74 bits per heavy atom. The number of allylic oxidation sites excluding steroid dienone is 2. The molecule has 6 unspecified atom stereocenters. The van der Waals surface area contributed by atoms with Gasteiger partial charge in [-0.2, -0.15) is 13.2 Å². The molecule has 8 heteroatoms. The fourth-order valence-corrected chi connectivity index (χ4v) is 6.82. The van der Waals surface area contributed by atoms with Crippen molar-refractivity contribution in [3.8, 4) is 0 Å². The van der Waals surface area contributed by atoms with Crippen LogP contribution in [-0.4, -0.2) is 29.0 Å². The topological polar surface area (TPSA) is 46.4 Å². The first-order chi connectivity index (χ1) is 21.9. The van der Waals surface area contributed by atoms with Gasteiger partial charge in [0.2, 0.25) is 0 Å². The van der Waals surface area contributed by atoms with E-state index in [0.29, 0.717) is 18.0 Å². The molecular weight excluding hydrogens is 607 g/mol. The second-order valence-corrected chi connectivity index (χ2v) is 13.5. The molecule has 244 valence electrons. The van der Waals surface area contributed by atoms with Crippen molar-refractivity contribution in [2.45, 2.75) is 78.2 Å². The van der Waals surface area contributed by atoms with Crippen molar-refractivity contribution in [1.29, 1.82) is 0 Å². The Kier molecular flexibility index (Phi) is 10.6. The largest absolute Gasteiger partial charge is 0.396 e. The van der Waals surface area contributed by atoms with Gasteiger partial charge in [-0.05, 0) is 90.0 Å². The van der Waals surface area contributed by atoms with Crippen molar-refractivity contribution in [3.63, 3.8) is 0 Å². The van der Waals surface area contributed by atoms with Crippen molar-refractivity contribution in [1.82, 2.24) is 4.57 Å². The summed E-state index contributed by atoms with van der Waals surface area (Å²) in [6.07, 6.45) is 5.77. The van der Waals surface area contributed by atoms with Crippen LogP contribution in [0.3, 0.4) is 0 Å². The van der Waals surface area contributed by atoms with Crippen LogP contribution in [0.15, 0.2) is 94.4 Å². The minimum Gasteiger partial charge on any atom is -0.378 e. The van der Waals surface area contributed by atoms with E-state index in [9.17, 15) is 18.0 Å². The van der Waals surface area contributed by atoms with Gasteiger partial charge in [-0.3, -0.25) is 9.79 Å². The molecule has 0 fully saturated rings. The van der Waals surface area contributed by atoms with Crippen LogP contribution in [0.4, 0.5) is 18.9 Å². The maximum Gasteiger partial charge on any atom is 0.396 e. The lowest BCUT2D eigenvalue weighted by molar-refractivity contribution is -0.178. The lowest BCUT2D eigenvalue weighted by Gasteiger charge is -2.33. The second-order valence-electron chi connectivity index (χ2n) is 13.0. The molecule has 0 spiro atoms. The molecule has 0 saturated heterocycles. The van der Waals surface area contributed by atoms with Crippen molar-refractivity contribution in [3.05, 3.63) is 117 Å². The van der Waals surface area contributed by atoms with Crippen LogP contribution < -0.4 is 10.9 Å². The van der Waals surface area contributed by atoms with Gasteiger partial charge in [0.1, 0.15) is 0 Å². The number of pyridine rings is 1. The van der Waals surface area contributed by atoms with Crippen LogP contribution >= 0.6 is 11.6 Å². The molecule has 3 heterocycles. The van der Waals surface area contributed by atoms with Crippen LogP contribution in [0.1, 0.15) is 63.6 Å². The lowest BCUT2D eigenvalue weighted by Crippen LogP contribution is -2.34. The Morgan fingerprint density at radius 3 is 2.43 bits per heavy atom. The first kappa shape index (κ1) is 33.8. The SMILES string of the molecule is CCC1C=C(CC(C)C(C)C(C2=CC(C(C)CCc3ccc(Cn4ccccc4=O)cc3)N=C2)C(F)(F)F)c2cc(Cl)ccc2N1. The van der Waals surface area contributed by atoms with Gasteiger partial charge in [0.05, 0.1) is 18.5 Å². The first-order valence-corrected chi connectivity index (χ1v) is 16.6. The summed E-state index contributed by atoms with van der Waals surface area (Å²) in [5.74, 6) is -2.37. The summed E-state index contributed by atoms with van der Waals surface area (Å²) in [7, 11) is 0. The fourth-order valence-electron chi connectivity index (χ4n) is 6.65. The highest BCUT2D eigenvalue weighted by Crippen LogP contribution is 2.45. The predicted molar refractivity (Wildman–Crippen MR) is 184 cm³/mol. The van der Waals surface area contributed by atoms with E-state index in [4.69, 9.17) is 11.6 Å². The van der Waals surface area contributed by atoms with E-state index in [1.54, 1.807) is 35.9 Å². The third-order valence-corrected chi connectivity index (χ3v) is 9.93. The summed E-state index contributed by atoms with van der Waals surface area (Å²) in [6.45, 7) is 8.31. The van der Waals surface area contributed by atoms with Crippen molar-refractivity contribution in [2.24, 2.45) is 28.7 Å². The molecule has 5 rings (SSSR count). The number of aromatic nitrogens is 1. The molecular formula is C38H43ClF3N3O. The average molecular weight is 650 g/mol. The molecule has 3 aromatic rings. The predicted octanol–water partition coefficient (Wildman–Crippen LogP) is 9.63. The number of nitrogens with zero attached hydrogens (tertiary/aromatic N) is 2. The summed E-state index contributed by atoms with van der Waals surface area (Å²) in [5, 5.41) is 4.11. The maximum atomic E-state index is 14.7. The zero-order valence-corrected chi connectivity index (χ0v) is 27.7. The van der Waals surface area contributed by atoms with Crippen molar-refractivity contribution >= 4 is 29.1 Å². The highest BCUT2D eigenvalue weighted by atomic mass is 35.5. The number of alkyl halides is 3. The van der Waals surface area contributed by atoms with Gasteiger partial charge in [-0.1, -0.05) is 81.8 Å². The van der Waals surface area contributed by atoms with Crippen LogP contribution in [0.2, 0.25) is 5.02 Å². The lowest BCUT2D eigenvalue weighted by atomic mass is 9.75. The Morgan fingerprint density at radius 1 is 1.00 bits per heavy atom. The number of rotatable bonds is 12. The molecule has 0 radical (unpaired) electrons. The Balaban J connectivity index is 1.23. The van der Waals surface area contributed by atoms with E-state index >= 15 is 0 Å². The van der Waals surface area contributed by atoms with Gasteiger partial charge in [0.15, 0.2) is 0 Å². The van der Waals surface area contributed by atoms with Crippen LogP contribution in [0, 0.1) is 23.7 Å². The number of halogens is 4. The van der Waals surface area contributed by atoms with Gasteiger partial charge in [-0.25, -0.2) is 0 Å². The summed E-state index contributed by atoms with van der Waals surface area (Å²) in [5.41, 5.74) is 5.42. The van der Waals surface area contributed by atoms with Crippen molar-refractivity contribution in [2.75, 3.05) is 5.32 Å². The Bertz CT molecular complexity index is 1660. The minimum atomic E-state index is -4.38. The molecule has 4 nitrogen and oxygen atoms in total. The number of anilines is 1. The van der Waals surface area contributed by atoms with Gasteiger partial charge >= 0.3 is 6.18 Å². The van der Waals surface area contributed by atoms with Crippen LogP contribution in [-0.2, 0) is 13.0 Å². The average Bonchev–Trinajstić information content (AvgIpc) is 3.50. The molecule has 0 saturated carbocycles. The van der Waals surface area contributed by atoms with Gasteiger partial charge in [0.25, 0.3) is 5.56 Å². The fraction of sp³-hybridized carbons (Fsp3) is 0.421. The minimum absolute atomic E-state index is 0.0398. The van der Waals surface area contributed by atoms with Gasteiger partial charge < -0.3 is 9.88 Å². The molecule has 0 aliphatic carbocycles. The molecule has 0 bridgehead atoms. The third-order valence-electron chi connectivity index (χ3n) is 9.69. The van der Waals surface area contributed by atoms with E-state index in [1.807, 2.05) is 43.3 Å². The molecule has 2 aliphatic rings. The second kappa shape index (κ2) is 14.5. The Labute approximate surface area is 275 Å². The van der Waals surface area contributed by atoms with Gasteiger partial charge in [-0.15, -0.1) is 0 Å². The van der Waals surface area contributed by atoms with Crippen LogP contribution in [0.25, 0.3) is 5.57 Å². The smallest absolute Gasteiger partial charge is 0.378 e. The molecule has 1 N–H and O–H groups in total. The summed E-state index contributed by atoms with van der Waals surface area (Å²) in [4.78, 5) is 16.6. The van der Waals surface area contributed by atoms with E-state index in [1.165, 1.54) is 6.21 Å². The summed E-state index contributed by atoms with van der Waals surface area (Å²) >= 11 is 6.31. The monoisotopic (exact) mass is 649 g/mol. The zero-order chi connectivity index (χ0) is 33.0. The van der Waals surface area contributed by atoms with E-state index in [0.717, 1.165) is 47.2 Å². The zero-order valence-electron chi connectivity index (χ0n) is 26.9. The number of fused-ring (bicyclic) bond motifs is 1. The quantitative estimate of drug-likeness (QED) is 0.212. The highest BCUT2D eigenvalue weighted by Gasteiger charge is 2.47. The van der Waals surface area contributed by atoms with E-state index < -0.39 is 18.0 Å². The number of hydrogen-bond acceptors (Lipinski definition) is 3. The first-order valence-electron chi connectivity index (χ1n) is 16.2. The summed E-state index contributed by atoms with van der Waals surface area (Å²) in [6, 6.07) is 18.8. The molecule has 2 aromatic carbocycles. The number of aryl methyl sites for hydroxylation is 1. The maximum absolute atomic E-state index is 14.7. The number of aliphatic imine (C=N–C) groups is 1. The number of nitrogens with one attached hydrogen (secondary N) is 1. The van der Waals surface area contributed by atoms with Crippen LogP contribution in [0.5, 0.6) is 0 Å². The number of hydrogen-bond donors (Lipinski definition) is 1. The van der Waals surface area contributed by atoms with E-state index in [2.05, 4.69) is 42.4 Å². The number of benzene rings is 2. The molecule has 6 atom stereocenters. The molecule has 1 aromatic heterocycles. The highest BCUT2D eigenvalue weighted by molar-refractivity contribution is 6.30. The van der Waals surface area contributed by atoms with Gasteiger partial charge in [0, 0.05) is 40.8 Å². The normalized spacial score (nSPS) is 20.3. The molecule has 46 heavy (non-hydrogen) atoms. The molecule has 0 amide bonds. The summed E-state index contributed by atoms with van der Waals surface area (Å²) < 4.78 is 45.8. The third kappa shape index (κ3) is 8.03. The standard InChI is InChI=1S/C38H43ClF3N3O/c1-5-32-19-29(33-21-31(39)15-16-34(33)44-32)18-25(3)26(4)37(38(40,41)42)30-20-35(43-22-30)24(2)9-10-27-11-13-28(14-12-27)23-45-17-7-6-8-36(45)46/h6-8,11-17,19-22,24-26,32,35,37,44H,5,9-10,18,23H2,1-4H3.